The number of hydrogen-bond acceptors (Lipinski definition) is 8. The second-order valence-corrected chi connectivity index (χ2v) is 5.64. The summed E-state index contributed by atoms with van der Waals surface area (Å²) in [6.07, 6.45) is -11.3. The van der Waals surface area contributed by atoms with Crippen LogP contribution >= 0.6 is 0 Å². The lowest BCUT2D eigenvalue weighted by Crippen LogP contribution is -2.71. The highest BCUT2D eigenvalue weighted by Crippen LogP contribution is 2.37. The number of amides is 2. The second kappa shape index (κ2) is 8.64. The molecular weight excluding hydrogens is 366 g/mol. The Morgan fingerprint density at radius 1 is 1.38 bits per heavy atom. The number of carbonyl (C=O) groups excluding carboxylic acids is 2. The Balaban J connectivity index is 3.34. The molecule has 0 aromatic heterocycles. The van der Waals surface area contributed by atoms with Gasteiger partial charge in [0, 0.05) is 6.92 Å². The quantitative estimate of drug-likeness (QED) is 0.246. The fourth-order valence-electron chi connectivity index (χ4n) is 2.46. The first-order chi connectivity index (χ1) is 12.0. The van der Waals surface area contributed by atoms with Gasteiger partial charge in [-0.1, -0.05) is 0 Å². The number of primary amides is 1. The van der Waals surface area contributed by atoms with Gasteiger partial charge in [0.15, 0.2) is 6.17 Å². The summed E-state index contributed by atoms with van der Waals surface area (Å²) in [6, 6.07) is -1.72. The van der Waals surface area contributed by atoms with Crippen LogP contribution in [0.5, 0.6) is 0 Å². The van der Waals surface area contributed by atoms with Crippen LogP contribution in [0.25, 0.3) is 0 Å². The highest BCUT2D eigenvalue weighted by atomic mass is 19.2. The molecule has 11 nitrogen and oxygen atoms in total. The second-order valence-electron chi connectivity index (χ2n) is 5.64. The van der Waals surface area contributed by atoms with E-state index < -0.39 is 73.5 Å². The van der Waals surface area contributed by atoms with Crippen LogP contribution in [0.1, 0.15) is 6.92 Å². The number of aliphatic hydroxyl groups is 3. The lowest BCUT2D eigenvalue weighted by atomic mass is 9.87. The number of carbonyl (C=O) groups is 3. The van der Waals surface area contributed by atoms with E-state index >= 15 is 0 Å². The molecule has 0 radical (unpaired) electrons. The van der Waals surface area contributed by atoms with E-state index in [4.69, 9.17) is 20.7 Å². The SMILES string of the molecule is CC(=O)N[C@@H]1[C@@H](OCC(N)=O)[C@H](F)[C@@](F)(C(=O)O)O[C@H]1[C@H](O)[C@H](O)CO. The third-order valence-corrected chi connectivity index (χ3v) is 3.66. The molecule has 1 aliphatic rings. The van der Waals surface area contributed by atoms with Crippen LogP contribution in [0.3, 0.4) is 0 Å². The molecule has 1 rings (SSSR count). The molecule has 2 amide bonds. The number of hydrogen-bond donors (Lipinski definition) is 6. The van der Waals surface area contributed by atoms with Gasteiger partial charge in [0.05, 0.1) is 12.6 Å². The van der Waals surface area contributed by atoms with Crippen molar-refractivity contribution in [2.45, 2.75) is 49.4 Å². The number of rotatable bonds is 8. The number of aliphatic carboxylic acids is 1. The monoisotopic (exact) mass is 386 g/mol. The number of carboxylic acids is 1. The van der Waals surface area contributed by atoms with Crippen LogP contribution in [0.4, 0.5) is 8.78 Å². The summed E-state index contributed by atoms with van der Waals surface area (Å²) in [5.74, 6) is -8.36. The third-order valence-electron chi connectivity index (χ3n) is 3.66. The minimum atomic E-state index is -4.03. The lowest BCUT2D eigenvalue weighted by Gasteiger charge is -2.46. The van der Waals surface area contributed by atoms with Crippen molar-refractivity contribution in [3.05, 3.63) is 0 Å². The average molecular weight is 386 g/mol. The molecule has 1 heterocycles. The fraction of sp³-hybridized carbons (Fsp3) is 0.769. The minimum Gasteiger partial charge on any atom is -0.477 e. The molecule has 13 heteroatoms. The van der Waals surface area contributed by atoms with Crippen LogP contribution in [-0.4, -0.2) is 93.9 Å². The predicted octanol–water partition coefficient (Wildman–Crippen LogP) is -3.44. The molecule has 1 fully saturated rings. The van der Waals surface area contributed by atoms with E-state index in [0.29, 0.717) is 0 Å². The summed E-state index contributed by atoms with van der Waals surface area (Å²) in [6.45, 7) is -1.02. The Hall–Kier alpha value is -1.93. The molecule has 0 bridgehead atoms. The number of nitrogens with two attached hydrogens (primary N) is 1. The largest absolute Gasteiger partial charge is 0.477 e. The van der Waals surface area contributed by atoms with Gasteiger partial charge in [0.1, 0.15) is 31.0 Å². The van der Waals surface area contributed by atoms with E-state index in [-0.39, 0.29) is 0 Å². The van der Waals surface area contributed by atoms with Crippen molar-refractivity contribution in [2.24, 2.45) is 5.73 Å². The number of ether oxygens (including phenoxy) is 2. The van der Waals surface area contributed by atoms with Crippen LogP contribution in [0, 0.1) is 0 Å². The van der Waals surface area contributed by atoms with Gasteiger partial charge in [0.2, 0.25) is 11.8 Å². The van der Waals surface area contributed by atoms with Crippen molar-refractivity contribution in [2.75, 3.05) is 13.2 Å². The maximum absolute atomic E-state index is 14.6. The van der Waals surface area contributed by atoms with E-state index in [1.165, 1.54) is 0 Å². The van der Waals surface area contributed by atoms with Gasteiger partial charge in [-0.2, -0.15) is 4.39 Å². The van der Waals surface area contributed by atoms with Gasteiger partial charge >= 0.3 is 11.8 Å². The molecule has 7 atom stereocenters. The van der Waals surface area contributed by atoms with E-state index in [1.807, 2.05) is 0 Å². The van der Waals surface area contributed by atoms with Crippen LogP contribution in [-0.2, 0) is 23.9 Å². The van der Waals surface area contributed by atoms with Gasteiger partial charge in [-0.3, -0.25) is 9.59 Å². The Morgan fingerprint density at radius 2 is 1.96 bits per heavy atom. The first kappa shape index (κ1) is 22.1. The van der Waals surface area contributed by atoms with Crippen molar-refractivity contribution in [3.63, 3.8) is 0 Å². The highest BCUT2D eigenvalue weighted by molar-refractivity contribution is 5.77. The number of halogens is 2. The maximum Gasteiger partial charge on any atom is 0.372 e. The van der Waals surface area contributed by atoms with Crippen molar-refractivity contribution in [3.8, 4) is 0 Å². The number of alkyl halides is 2. The minimum absolute atomic E-state index is 0.823. The molecule has 7 N–H and O–H groups in total. The molecule has 1 saturated heterocycles. The summed E-state index contributed by atoms with van der Waals surface area (Å²) in [5, 5.41) is 39.5. The average Bonchev–Trinajstić information content (AvgIpc) is 2.55. The van der Waals surface area contributed by atoms with E-state index in [1.54, 1.807) is 0 Å². The van der Waals surface area contributed by atoms with E-state index in [2.05, 4.69) is 10.1 Å². The highest BCUT2D eigenvalue weighted by Gasteiger charge is 2.63. The zero-order valence-corrected chi connectivity index (χ0v) is 13.5. The van der Waals surface area contributed by atoms with Crippen LogP contribution < -0.4 is 11.1 Å². The van der Waals surface area contributed by atoms with Crippen LogP contribution in [0.2, 0.25) is 0 Å². The smallest absolute Gasteiger partial charge is 0.372 e. The summed E-state index contributed by atoms with van der Waals surface area (Å²) in [4.78, 5) is 33.4. The molecule has 0 aromatic carbocycles. The molecule has 150 valence electrons. The van der Waals surface area contributed by atoms with Gasteiger partial charge in [-0.05, 0) is 0 Å². The Bertz CT molecular complexity index is 552. The van der Waals surface area contributed by atoms with Gasteiger partial charge in [0.25, 0.3) is 0 Å². The summed E-state index contributed by atoms with van der Waals surface area (Å²) < 4.78 is 38.4. The number of carboxylic acid groups (broad SMARTS) is 1. The summed E-state index contributed by atoms with van der Waals surface area (Å²) in [7, 11) is 0. The predicted molar refractivity (Wildman–Crippen MR) is 76.9 cm³/mol. The van der Waals surface area contributed by atoms with Crippen molar-refractivity contribution < 1.29 is 53.1 Å². The molecule has 1 aliphatic heterocycles. The summed E-state index contributed by atoms with van der Waals surface area (Å²) in [5.41, 5.74) is 4.86. The summed E-state index contributed by atoms with van der Waals surface area (Å²) >= 11 is 0. The lowest BCUT2D eigenvalue weighted by molar-refractivity contribution is -0.297. The van der Waals surface area contributed by atoms with E-state index in [9.17, 15) is 33.4 Å². The first-order valence-corrected chi connectivity index (χ1v) is 7.33. The zero-order chi connectivity index (χ0) is 20.2. The van der Waals surface area contributed by atoms with Crippen molar-refractivity contribution in [1.82, 2.24) is 5.32 Å². The molecule has 0 spiro atoms. The van der Waals surface area contributed by atoms with Crippen molar-refractivity contribution in [1.29, 1.82) is 0 Å². The first-order valence-electron chi connectivity index (χ1n) is 7.33. The fourth-order valence-corrected chi connectivity index (χ4v) is 2.46. The maximum atomic E-state index is 14.6. The van der Waals surface area contributed by atoms with Crippen molar-refractivity contribution >= 4 is 17.8 Å². The normalized spacial score (nSPS) is 33.9. The Labute approximate surface area is 145 Å². The molecule has 0 saturated carbocycles. The van der Waals surface area contributed by atoms with E-state index in [0.717, 1.165) is 6.92 Å². The Kier molecular flexibility index (Phi) is 7.35. The Morgan fingerprint density at radius 3 is 2.38 bits per heavy atom. The number of aliphatic hydroxyl groups excluding tert-OH is 3. The topological polar surface area (TPSA) is 189 Å². The molecule has 26 heavy (non-hydrogen) atoms. The molecular formula is C13H20F2N2O9. The number of nitrogens with one attached hydrogen (secondary N) is 1. The third kappa shape index (κ3) is 4.62. The molecule has 0 aliphatic carbocycles. The van der Waals surface area contributed by atoms with Gasteiger partial charge < -0.3 is 41.0 Å². The van der Waals surface area contributed by atoms with Gasteiger partial charge in [-0.15, -0.1) is 0 Å². The zero-order valence-electron chi connectivity index (χ0n) is 13.5. The molecule has 0 unspecified atom stereocenters. The standard InChI is InChI=1S/C13H20F2N2O9/c1-4(19)17-7-9(8(22)5(20)2-18)26-13(15,12(23)24)11(14)10(7)25-3-6(16)21/h5,7-11,18,20,22H,2-3H2,1H3,(H2,16,21)(H,17,19)(H,23,24)/t5-,7+,8-,9-,10-,11+,13+/m1/s1. The van der Waals surface area contributed by atoms with Gasteiger partial charge in [-0.25, -0.2) is 9.18 Å². The van der Waals surface area contributed by atoms with Crippen LogP contribution in [0.15, 0.2) is 0 Å². The molecule has 0 aromatic rings.